The van der Waals surface area contributed by atoms with Crippen LogP contribution in [0, 0.1) is 0 Å². The van der Waals surface area contributed by atoms with Crippen LogP contribution in [0.1, 0.15) is 20.8 Å². The molecule has 6 nitrogen and oxygen atoms in total. The van der Waals surface area contributed by atoms with Gasteiger partial charge in [-0.1, -0.05) is 0 Å². The lowest BCUT2D eigenvalue weighted by molar-refractivity contribution is -0.164. The molecule has 0 spiro atoms. The third-order valence-corrected chi connectivity index (χ3v) is 1.11. The van der Waals surface area contributed by atoms with Gasteiger partial charge >= 0.3 is 17.9 Å². The van der Waals surface area contributed by atoms with Crippen molar-refractivity contribution in [3.05, 3.63) is 12.2 Å². The average Bonchev–Trinajstić information content (AvgIpc) is 2.08. The van der Waals surface area contributed by atoms with Crippen molar-refractivity contribution in [3.63, 3.8) is 0 Å². The molecule has 0 unspecified atom stereocenters. The predicted octanol–water partition coefficient (Wildman–Crippen LogP) is 0.512. The number of esters is 2. The summed E-state index contributed by atoms with van der Waals surface area (Å²) in [4.78, 5) is 31.9. The van der Waals surface area contributed by atoms with E-state index in [-0.39, 0.29) is 0 Å². The summed E-state index contributed by atoms with van der Waals surface area (Å²) in [6.45, 7) is 4.49. The molecule has 90 valence electrons. The quantitative estimate of drug-likeness (QED) is 0.559. The minimum atomic E-state index is -1.27. The van der Waals surface area contributed by atoms with Crippen LogP contribution >= 0.6 is 0 Å². The summed E-state index contributed by atoms with van der Waals surface area (Å²) in [6, 6.07) is 0. The third kappa shape index (κ3) is 8.74. The molecule has 0 saturated carbocycles. The fourth-order valence-corrected chi connectivity index (χ4v) is 0.688. The summed E-state index contributed by atoms with van der Waals surface area (Å²) in [5, 5.41) is 8.21. The molecular weight excluding hydrogens is 216 g/mol. The van der Waals surface area contributed by atoms with E-state index < -0.39 is 30.1 Å². The molecule has 0 aliphatic rings. The van der Waals surface area contributed by atoms with Gasteiger partial charge in [-0.15, -0.1) is 0 Å². The van der Waals surface area contributed by atoms with Crippen LogP contribution in [0.2, 0.25) is 0 Å². The predicted molar refractivity (Wildman–Crippen MR) is 53.6 cm³/mol. The topological polar surface area (TPSA) is 89.9 Å². The highest BCUT2D eigenvalue weighted by Gasteiger charge is 2.17. The molecule has 0 heterocycles. The van der Waals surface area contributed by atoms with Crippen LogP contribution in [0.5, 0.6) is 0 Å². The number of aliphatic carboxylic acids is 1. The number of carboxylic acid groups (broad SMARTS) is 1. The Morgan fingerprint density at radius 3 is 2.19 bits per heavy atom. The number of carboxylic acids is 1. The molecule has 0 aromatic rings. The van der Waals surface area contributed by atoms with Crippen molar-refractivity contribution in [1.82, 2.24) is 0 Å². The standard InChI is InChI=1S/C10H14O6/c1-10(2,3)16-9(14)6-15-8(13)5-4-7(11)12/h4-5H,6H2,1-3H3,(H,11,12)/b5-4+. The minimum absolute atomic E-state index is 0.542. The Kier molecular flexibility index (Phi) is 5.21. The molecule has 0 aliphatic carbocycles. The van der Waals surface area contributed by atoms with Crippen LogP contribution in [0.3, 0.4) is 0 Å². The second-order valence-corrected chi connectivity index (χ2v) is 3.87. The molecule has 0 fully saturated rings. The Morgan fingerprint density at radius 2 is 1.75 bits per heavy atom. The molecule has 0 aromatic heterocycles. The fraction of sp³-hybridized carbons (Fsp3) is 0.500. The minimum Gasteiger partial charge on any atom is -0.478 e. The number of rotatable bonds is 4. The van der Waals surface area contributed by atoms with Crippen LogP contribution in [0.4, 0.5) is 0 Å². The van der Waals surface area contributed by atoms with Crippen molar-refractivity contribution >= 4 is 17.9 Å². The Bertz CT molecular complexity index is 310. The molecule has 1 N–H and O–H groups in total. The SMILES string of the molecule is CC(C)(C)OC(=O)COC(=O)/C=C/C(=O)O. The molecule has 0 saturated heterocycles. The summed E-state index contributed by atoms with van der Waals surface area (Å²) in [6.07, 6.45) is 1.34. The Balaban J connectivity index is 3.93. The lowest BCUT2D eigenvalue weighted by Crippen LogP contribution is -2.27. The van der Waals surface area contributed by atoms with Gasteiger partial charge in [0.15, 0.2) is 6.61 Å². The lowest BCUT2D eigenvalue weighted by Gasteiger charge is -2.18. The van der Waals surface area contributed by atoms with E-state index in [0.29, 0.717) is 12.2 Å². The van der Waals surface area contributed by atoms with E-state index in [2.05, 4.69) is 4.74 Å². The van der Waals surface area contributed by atoms with Gasteiger partial charge in [-0.25, -0.2) is 14.4 Å². The fourth-order valence-electron chi connectivity index (χ4n) is 0.688. The summed E-state index contributed by atoms with van der Waals surface area (Å²) in [7, 11) is 0. The maximum atomic E-state index is 11.1. The van der Waals surface area contributed by atoms with E-state index in [1.54, 1.807) is 20.8 Å². The highest BCUT2D eigenvalue weighted by Crippen LogP contribution is 2.06. The Labute approximate surface area is 92.8 Å². The van der Waals surface area contributed by atoms with Gasteiger partial charge < -0.3 is 14.6 Å². The maximum absolute atomic E-state index is 11.1. The number of carbonyl (C=O) groups is 3. The highest BCUT2D eigenvalue weighted by molar-refractivity contribution is 5.91. The van der Waals surface area contributed by atoms with Crippen molar-refractivity contribution in [3.8, 4) is 0 Å². The molecule has 0 radical (unpaired) electrons. The van der Waals surface area contributed by atoms with Gasteiger partial charge in [0, 0.05) is 12.2 Å². The third-order valence-electron chi connectivity index (χ3n) is 1.11. The van der Waals surface area contributed by atoms with Crippen LogP contribution < -0.4 is 0 Å². The first-order valence-electron chi connectivity index (χ1n) is 4.50. The zero-order chi connectivity index (χ0) is 12.8. The highest BCUT2D eigenvalue weighted by atomic mass is 16.6. The van der Waals surface area contributed by atoms with Gasteiger partial charge in [-0.2, -0.15) is 0 Å². The number of carbonyl (C=O) groups excluding carboxylic acids is 2. The first-order valence-corrected chi connectivity index (χ1v) is 4.50. The van der Waals surface area contributed by atoms with E-state index in [9.17, 15) is 14.4 Å². The Hall–Kier alpha value is -1.85. The van der Waals surface area contributed by atoms with E-state index in [1.165, 1.54) is 0 Å². The molecule has 0 aliphatic heterocycles. The summed E-state index contributed by atoms with van der Waals surface area (Å²) < 4.78 is 9.29. The van der Waals surface area contributed by atoms with E-state index in [0.717, 1.165) is 0 Å². The molecule has 0 atom stereocenters. The molecule has 0 aromatic carbocycles. The number of ether oxygens (including phenoxy) is 2. The first-order chi connectivity index (χ1) is 7.20. The van der Waals surface area contributed by atoms with E-state index in [4.69, 9.17) is 9.84 Å². The van der Waals surface area contributed by atoms with Gasteiger partial charge in [0.25, 0.3) is 0 Å². The van der Waals surface area contributed by atoms with E-state index >= 15 is 0 Å². The van der Waals surface area contributed by atoms with Gasteiger partial charge in [0.2, 0.25) is 0 Å². The van der Waals surface area contributed by atoms with Crippen molar-refractivity contribution < 1.29 is 29.0 Å². The van der Waals surface area contributed by atoms with Crippen LogP contribution in [0.25, 0.3) is 0 Å². The van der Waals surface area contributed by atoms with Crippen molar-refractivity contribution in [2.45, 2.75) is 26.4 Å². The molecule has 16 heavy (non-hydrogen) atoms. The largest absolute Gasteiger partial charge is 0.478 e. The van der Waals surface area contributed by atoms with Crippen LogP contribution in [-0.4, -0.2) is 35.2 Å². The van der Waals surface area contributed by atoms with E-state index in [1.807, 2.05) is 0 Å². The molecule has 0 bridgehead atoms. The van der Waals surface area contributed by atoms with Gasteiger partial charge in [0.05, 0.1) is 0 Å². The van der Waals surface area contributed by atoms with Crippen LogP contribution in [-0.2, 0) is 23.9 Å². The second kappa shape index (κ2) is 5.89. The number of hydrogen-bond donors (Lipinski definition) is 1. The van der Waals surface area contributed by atoms with Crippen molar-refractivity contribution in [1.29, 1.82) is 0 Å². The van der Waals surface area contributed by atoms with Gasteiger partial charge in [0.1, 0.15) is 5.60 Å². The summed E-state index contributed by atoms with van der Waals surface area (Å²) >= 11 is 0. The zero-order valence-corrected chi connectivity index (χ0v) is 9.35. The lowest BCUT2D eigenvalue weighted by atomic mass is 10.2. The normalized spacial score (nSPS) is 11.2. The summed E-state index contributed by atoms with van der Waals surface area (Å²) in [5.41, 5.74) is -0.652. The van der Waals surface area contributed by atoms with Crippen LogP contribution in [0.15, 0.2) is 12.2 Å². The average molecular weight is 230 g/mol. The smallest absolute Gasteiger partial charge is 0.344 e. The second-order valence-electron chi connectivity index (χ2n) is 3.87. The molecule has 0 amide bonds. The summed E-state index contributed by atoms with van der Waals surface area (Å²) in [5.74, 6) is -2.87. The molecule has 0 rings (SSSR count). The van der Waals surface area contributed by atoms with Gasteiger partial charge in [-0.3, -0.25) is 0 Å². The number of hydrogen-bond acceptors (Lipinski definition) is 5. The monoisotopic (exact) mass is 230 g/mol. The van der Waals surface area contributed by atoms with Crippen molar-refractivity contribution in [2.75, 3.05) is 6.61 Å². The molecule has 6 heteroatoms. The first kappa shape index (κ1) is 14.2. The zero-order valence-electron chi connectivity index (χ0n) is 9.35. The Morgan fingerprint density at radius 1 is 1.19 bits per heavy atom. The maximum Gasteiger partial charge on any atom is 0.344 e. The molecular formula is C10H14O6. The van der Waals surface area contributed by atoms with Crippen molar-refractivity contribution in [2.24, 2.45) is 0 Å². The van der Waals surface area contributed by atoms with Gasteiger partial charge in [-0.05, 0) is 20.8 Å².